The Morgan fingerprint density at radius 3 is 2.58 bits per heavy atom. The Hall–Kier alpha value is -2.17. The third-order valence-corrected chi connectivity index (χ3v) is 2.93. The molecule has 0 aromatic heterocycles. The predicted octanol–water partition coefficient (Wildman–Crippen LogP) is 3.11. The molecule has 0 aliphatic carbocycles. The van der Waals surface area contributed by atoms with Gasteiger partial charge in [-0.1, -0.05) is 30.3 Å². The molecule has 0 aliphatic heterocycles. The van der Waals surface area contributed by atoms with E-state index in [1.165, 1.54) is 7.11 Å². The topological polar surface area (TPSA) is 46.5 Å². The zero-order valence-electron chi connectivity index (χ0n) is 10.2. The van der Waals surface area contributed by atoms with Crippen LogP contribution in [0.4, 0.5) is 8.78 Å². The van der Waals surface area contributed by atoms with Gasteiger partial charge in [-0.2, -0.15) is 8.78 Å². The van der Waals surface area contributed by atoms with Gasteiger partial charge < -0.3 is 9.84 Å². The first kappa shape index (κ1) is 13.3. The fraction of sp³-hybridized carbons (Fsp3) is 0.214. The summed E-state index contributed by atoms with van der Waals surface area (Å²) >= 11 is 0. The van der Waals surface area contributed by atoms with Crippen molar-refractivity contribution in [3.8, 4) is 5.75 Å². The summed E-state index contributed by atoms with van der Waals surface area (Å²) in [5, 5.41) is 9.88. The van der Waals surface area contributed by atoms with E-state index in [1.807, 2.05) is 0 Å². The number of benzene rings is 2. The summed E-state index contributed by atoms with van der Waals surface area (Å²) in [7, 11) is 1.37. The molecule has 0 atom stereocenters. The Kier molecular flexibility index (Phi) is 3.38. The molecule has 0 bridgehead atoms. The lowest BCUT2D eigenvalue weighted by Crippen LogP contribution is -2.30. The third-order valence-electron chi connectivity index (χ3n) is 2.93. The number of hydrogen-bond acceptors (Lipinski definition) is 2. The molecule has 0 heterocycles. The number of hydrogen-bond donors (Lipinski definition) is 1. The smallest absolute Gasteiger partial charge is 0.374 e. The molecular formula is C14H12F2O3. The maximum atomic E-state index is 13.4. The van der Waals surface area contributed by atoms with E-state index in [9.17, 15) is 13.6 Å². The van der Waals surface area contributed by atoms with Crippen molar-refractivity contribution >= 4 is 16.7 Å². The lowest BCUT2D eigenvalue weighted by Gasteiger charge is -2.16. The van der Waals surface area contributed by atoms with Crippen LogP contribution in [-0.4, -0.2) is 24.1 Å². The molecule has 5 heteroatoms. The molecule has 19 heavy (non-hydrogen) atoms. The minimum atomic E-state index is -3.82. The third kappa shape index (κ3) is 2.50. The van der Waals surface area contributed by atoms with Crippen molar-refractivity contribution < 1.29 is 23.4 Å². The average molecular weight is 266 g/mol. The molecular weight excluding hydrogens is 254 g/mol. The molecule has 0 fully saturated rings. The Balaban J connectivity index is 2.59. The number of carboxylic acids is 1. The number of alkyl halides is 2. The molecule has 0 unspecified atom stereocenters. The van der Waals surface area contributed by atoms with Gasteiger partial charge in [-0.25, -0.2) is 4.79 Å². The molecule has 2 aromatic carbocycles. The monoisotopic (exact) mass is 266 g/mol. The van der Waals surface area contributed by atoms with Crippen molar-refractivity contribution in [3.63, 3.8) is 0 Å². The van der Waals surface area contributed by atoms with Gasteiger partial charge in [0, 0.05) is 5.56 Å². The lowest BCUT2D eigenvalue weighted by atomic mass is 9.98. The summed E-state index contributed by atoms with van der Waals surface area (Å²) in [4.78, 5) is 10.6. The van der Waals surface area contributed by atoms with Crippen molar-refractivity contribution in [2.24, 2.45) is 0 Å². The van der Waals surface area contributed by atoms with Crippen LogP contribution >= 0.6 is 0 Å². The van der Waals surface area contributed by atoms with E-state index in [1.54, 1.807) is 36.4 Å². The average Bonchev–Trinajstić information content (AvgIpc) is 2.38. The Morgan fingerprint density at radius 1 is 1.26 bits per heavy atom. The molecule has 100 valence electrons. The molecule has 0 radical (unpaired) electrons. The quantitative estimate of drug-likeness (QED) is 0.924. The van der Waals surface area contributed by atoms with Gasteiger partial charge in [-0.05, 0) is 16.8 Å². The van der Waals surface area contributed by atoms with Crippen LogP contribution in [-0.2, 0) is 11.2 Å². The van der Waals surface area contributed by atoms with Gasteiger partial charge >= 0.3 is 11.9 Å². The first-order valence-electron chi connectivity index (χ1n) is 5.61. The van der Waals surface area contributed by atoms with Crippen LogP contribution in [0, 0.1) is 0 Å². The fourth-order valence-electron chi connectivity index (χ4n) is 1.99. The second-order valence-corrected chi connectivity index (χ2v) is 4.15. The molecule has 0 saturated heterocycles. The van der Waals surface area contributed by atoms with Gasteiger partial charge in [0.1, 0.15) is 5.75 Å². The SMILES string of the molecule is COc1ccc2ccccc2c1CC(F)(F)C(=O)O. The minimum absolute atomic E-state index is 0.202. The summed E-state index contributed by atoms with van der Waals surface area (Å²) < 4.78 is 31.9. The first-order valence-corrected chi connectivity index (χ1v) is 5.61. The minimum Gasteiger partial charge on any atom is -0.496 e. The number of fused-ring (bicyclic) bond motifs is 1. The molecule has 0 saturated carbocycles. The number of carbonyl (C=O) groups is 1. The second-order valence-electron chi connectivity index (χ2n) is 4.15. The van der Waals surface area contributed by atoms with E-state index >= 15 is 0 Å². The predicted molar refractivity (Wildman–Crippen MR) is 66.8 cm³/mol. The molecule has 0 aliphatic rings. The van der Waals surface area contributed by atoms with Crippen molar-refractivity contribution in [1.82, 2.24) is 0 Å². The summed E-state index contributed by atoms with van der Waals surface area (Å²) in [6.45, 7) is 0. The molecule has 1 N–H and O–H groups in total. The number of rotatable bonds is 4. The van der Waals surface area contributed by atoms with E-state index in [4.69, 9.17) is 9.84 Å². The van der Waals surface area contributed by atoms with Crippen LogP contribution in [0.3, 0.4) is 0 Å². The number of methoxy groups -OCH3 is 1. The first-order chi connectivity index (χ1) is 8.95. The van der Waals surface area contributed by atoms with E-state index in [-0.39, 0.29) is 11.3 Å². The van der Waals surface area contributed by atoms with Gasteiger partial charge in [-0.3, -0.25) is 0 Å². The number of halogens is 2. The van der Waals surface area contributed by atoms with Gasteiger partial charge in [-0.15, -0.1) is 0 Å². The highest BCUT2D eigenvalue weighted by molar-refractivity contribution is 5.88. The molecule has 2 aromatic rings. The normalized spacial score (nSPS) is 11.5. The van der Waals surface area contributed by atoms with E-state index in [0.717, 1.165) is 5.39 Å². The Bertz CT molecular complexity index is 623. The van der Waals surface area contributed by atoms with Crippen molar-refractivity contribution in [3.05, 3.63) is 42.0 Å². The highest BCUT2D eigenvalue weighted by atomic mass is 19.3. The zero-order chi connectivity index (χ0) is 14.0. The summed E-state index contributed by atoms with van der Waals surface area (Å²) in [6, 6.07) is 10.3. The molecule has 2 rings (SSSR count). The molecule has 0 amide bonds. The fourth-order valence-corrected chi connectivity index (χ4v) is 1.99. The second kappa shape index (κ2) is 4.84. The van der Waals surface area contributed by atoms with Crippen LogP contribution in [0.25, 0.3) is 10.8 Å². The molecule has 3 nitrogen and oxygen atoms in total. The van der Waals surface area contributed by atoms with Crippen LogP contribution in [0.2, 0.25) is 0 Å². The maximum absolute atomic E-state index is 13.4. The van der Waals surface area contributed by atoms with Crippen LogP contribution in [0.5, 0.6) is 5.75 Å². The highest BCUT2D eigenvalue weighted by Gasteiger charge is 2.40. The standard InChI is InChI=1S/C14H12F2O3/c1-19-12-7-6-9-4-2-3-5-10(9)11(12)8-14(15,16)13(17)18/h2-7H,8H2,1H3,(H,17,18). The van der Waals surface area contributed by atoms with Gasteiger partial charge in [0.25, 0.3) is 0 Å². The Morgan fingerprint density at radius 2 is 1.95 bits per heavy atom. The number of ether oxygens (including phenoxy) is 1. The summed E-state index contributed by atoms with van der Waals surface area (Å²) in [5.74, 6) is -5.70. The van der Waals surface area contributed by atoms with Crippen molar-refractivity contribution in [1.29, 1.82) is 0 Å². The summed E-state index contributed by atoms with van der Waals surface area (Å²) in [5.41, 5.74) is 0.202. The maximum Gasteiger partial charge on any atom is 0.374 e. The summed E-state index contributed by atoms with van der Waals surface area (Å²) in [6.07, 6.45) is -0.896. The van der Waals surface area contributed by atoms with Crippen LogP contribution < -0.4 is 4.74 Å². The zero-order valence-corrected chi connectivity index (χ0v) is 10.2. The van der Waals surface area contributed by atoms with Gasteiger partial charge in [0.2, 0.25) is 0 Å². The molecule has 0 spiro atoms. The van der Waals surface area contributed by atoms with E-state index in [0.29, 0.717) is 5.39 Å². The largest absolute Gasteiger partial charge is 0.496 e. The van der Waals surface area contributed by atoms with E-state index in [2.05, 4.69) is 0 Å². The van der Waals surface area contributed by atoms with Crippen LogP contribution in [0.15, 0.2) is 36.4 Å². The number of carboxylic acid groups (broad SMARTS) is 1. The van der Waals surface area contributed by atoms with Crippen LogP contribution in [0.1, 0.15) is 5.56 Å². The van der Waals surface area contributed by atoms with Crippen molar-refractivity contribution in [2.45, 2.75) is 12.3 Å². The van der Waals surface area contributed by atoms with Gasteiger partial charge in [0.15, 0.2) is 0 Å². The highest BCUT2D eigenvalue weighted by Crippen LogP contribution is 2.33. The van der Waals surface area contributed by atoms with Crippen molar-refractivity contribution in [2.75, 3.05) is 7.11 Å². The lowest BCUT2D eigenvalue weighted by molar-refractivity contribution is -0.164. The van der Waals surface area contributed by atoms with Gasteiger partial charge in [0.05, 0.1) is 13.5 Å². The Labute approximate surface area is 108 Å². The van der Waals surface area contributed by atoms with E-state index < -0.39 is 18.3 Å². The number of aliphatic carboxylic acids is 1.